The van der Waals surface area contributed by atoms with Crippen LogP contribution in [0.25, 0.3) is 11.4 Å². The first-order valence-corrected chi connectivity index (χ1v) is 7.02. The van der Waals surface area contributed by atoms with E-state index in [1.54, 1.807) is 0 Å². The van der Waals surface area contributed by atoms with Gasteiger partial charge in [0.1, 0.15) is 5.82 Å². The van der Waals surface area contributed by atoms with E-state index in [-0.39, 0.29) is 0 Å². The van der Waals surface area contributed by atoms with Crippen molar-refractivity contribution < 1.29 is 0 Å². The van der Waals surface area contributed by atoms with Crippen LogP contribution < -0.4 is 5.73 Å². The average Bonchev–Trinajstić information content (AvgIpc) is 2.62. The Labute approximate surface area is 114 Å². The summed E-state index contributed by atoms with van der Waals surface area (Å²) in [5, 5.41) is 8.64. The fourth-order valence-electron chi connectivity index (χ4n) is 2.36. The summed E-state index contributed by atoms with van der Waals surface area (Å²) in [6.45, 7) is 1.01. The van der Waals surface area contributed by atoms with Gasteiger partial charge in [0.05, 0.1) is 0 Å². The molecule has 18 heavy (non-hydrogen) atoms. The molecule has 0 aliphatic carbocycles. The Morgan fingerprint density at radius 1 is 1.17 bits per heavy atom. The zero-order chi connectivity index (χ0) is 12.5. The minimum atomic E-state index is 0.745. The molecule has 5 heteroatoms. The molecule has 0 atom stereocenters. The molecule has 0 unspecified atom stereocenters. The molecule has 1 aliphatic rings. The van der Waals surface area contributed by atoms with E-state index in [1.807, 2.05) is 18.2 Å². The van der Waals surface area contributed by atoms with Crippen LogP contribution in [0, 0.1) is 0 Å². The van der Waals surface area contributed by atoms with E-state index in [0.717, 1.165) is 40.3 Å². The number of nitrogen functional groups attached to an aromatic ring is 1. The van der Waals surface area contributed by atoms with Crippen LogP contribution in [0.15, 0.2) is 22.7 Å². The van der Waals surface area contributed by atoms with E-state index in [4.69, 9.17) is 5.73 Å². The van der Waals surface area contributed by atoms with E-state index in [9.17, 15) is 0 Å². The van der Waals surface area contributed by atoms with Gasteiger partial charge in [-0.2, -0.15) is 0 Å². The lowest BCUT2D eigenvalue weighted by molar-refractivity contribution is 0.636. The van der Waals surface area contributed by atoms with E-state index in [1.165, 1.54) is 19.3 Å². The van der Waals surface area contributed by atoms with Crippen molar-refractivity contribution in [1.29, 1.82) is 0 Å². The van der Waals surface area contributed by atoms with Gasteiger partial charge in [0, 0.05) is 28.7 Å². The highest BCUT2D eigenvalue weighted by Gasteiger charge is 2.16. The van der Waals surface area contributed by atoms with Crippen molar-refractivity contribution in [3.8, 4) is 11.4 Å². The lowest BCUT2D eigenvalue weighted by atomic mass is 10.2. The number of aryl methyl sites for hydroxylation is 1. The molecule has 2 heterocycles. The number of anilines is 1. The van der Waals surface area contributed by atoms with Gasteiger partial charge in [-0.1, -0.05) is 6.42 Å². The molecule has 0 saturated heterocycles. The molecule has 2 aromatic rings. The smallest absolute Gasteiger partial charge is 0.163 e. The second kappa shape index (κ2) is 4.72. The summed E-state index contributed by atoms with van der Waals surface area (Å²) < 4.78 is 3.15. The summed E-state index contributed by atoms with van der Waals surface area (Å²) in [6.07, 6.45) is 4.72. The number of hydrogen-bond donors (Lipinski definition) is 1. The summed E-state index contributed by atoms with van der Waals surface area (Å²) in [7, 11) is 0. The van der Waals surface area contributed by atoms with Crippen LogP contribution >= 0.6 is 15.9 Å². The second-order valence-corrected chi connectivity index (χ2v) is 5.49. The standard InChI is InChI=1S/C13H15BrN4/c14-10-8-9(5-6-11(10)15)13-17-16-12-4-2-1-3-7-18(12)13/h5-6,8H,1-4,7,15H2. The Bertz CT molecular complexity index is 576. The van der Waals surface area contributed by atoms with Gasteiger partial charge in [-0.25, -0.2) is 0 Å². The molecule has 0 fully saturated rings. The Morgan fingerprint density at radius 3 is 2.89 bits per heavy atom. The zero-order valence-corrected chi connectivity index (χ0v) is 11.7. The van der Waals surface area contributed by atoms with E-state index < -0.39 is 0 Å². The Balaban J connectivity index is 2.06. The summed E-state index contributed by atoms with van der Waals surface area (Å²) >= 11 is 3.46. The Hall–Kier alpha value is -1.36. The van der Waals surface area contributed by atoms with Crippen LogP contribution in [0.3, 0.4) is 0 Å². The molecule has 3 rings (SSSR count). The van der Waals surface area contributed by atoms with Gasteiger partial charge >= 0.3 is 0 Å². The number of hydrogen-bond acceptors (Lipinski definition) is 3. The summed E-state index contributed by atoms with van der Waals surface area (Å²) in [4.78, 5) is 0. The van der Waals surface area contributed by atoms with Crippen LogP contribution in [0.4, 0.5) is 5.69 Å². The van der Waals surface area contributed by atoms with Crippen molar-refractivity contribution >= 4 is 21.6 Å². The lowest BCUT2D eigenvalue weighted by Gasteiger charge is -2.08. The molecule has 0 bridgehead atoms. The van der Waals surface area contributed by atoms with Gasteiger partial charge < -0.3 is 10.3 Å². The van der Waals surface area contributed by atoms with Gasteiger partial charge in [-0.3, -0.25) is 0 Å². The lowest BCUT2D eigenvalue weighted by Crippen LogP contribution is -2.03. The van der Waals surface area contributed by atoms with Crippen LogP contribution in [0.5, 0.6) is 0 Å². The van der Waals surface area contributed by atoms with Gasteiger partial charge in [0.2, 0.25) is 0 Å². The highest BCUT2D eigenvalue weighted by molar-refractivity contribution is 9.10. The summed E-state index contributed by atoms with van der Waals surface area (Å²) in [6, 6.07) is 5.91. The molecule has 0 saturated carbocycles. The molecule has 1 aliphatic heterocycles. The number of halogens is 1. The molecule has 2 N–H and O–H groups in total. The normalized spacial score (nSPS) is 15.2. The number of aromatic nitrogens is 3. The van der Waals surface area contributed by atoms with E-state index >= 15 is 0 Å². The maximum atomic E-state index is 5.82. The molecule has 94 valence electrons. The Morgan fingerprint density at radius 2 is 2.06 bits per heavy atom. The number of rotatable bonds is 1. The van der Waals surface area contributed by atoms with E-state index in [0.29, 0.717) is 0 Å². The van der Waals surface area contributed by atoms with Gasteiger partial charge in [-0.05, 0) is 47.0 Å². The molecule has 0 radical (unpaired) electrons. The SMILES string of the molecule is Nc1ccc(-c2nnc3n2CCCCC3)cc1Br. The third-order valence-corrected chi connectivity index (χ3v) is 4.05. The molecule has 1 aromatic carbocycles. The Kier molecular flexibility index (Phi) is 3.07. The highest BCUT2D eigenvalue weighted by atomic mass is 79.9. The van der Waals surface area contributed by atoms with Crippen molar-refractivity contribution in [1.82, 2.24) is 14.8 Å². The first-order chi connectivity index (χ1) is 8.75. The summed E-state index contributed by atoms with van der Waals surface area (Å²) in [5.41, 5.74) is 7.63. The van der Waals surface area contributed by atoms with Crippen LogP contribution in [0.1, 0.15) is 25.1 Å². The van der Waals surface area contributed by atoms with Crippen molar-refractivity contribution in [2.45, 2.75) is 32.2 Å². The monoisotopic (exact) mass is 306 g/mol. The van der Waals surface area contributed by atoms with Crippen molar-refractivity contribution in [3.63, 3.8) is 0 Å². The number of nitrogens with zero attached hydrogens (tertiary/aromatic N) is 3. The largest absolute Gasteiger partial charge is 0.398 e. The van der Waals surface area contributed by atoms with Gasteiger partial charge in [0.25, 0.3) is 0 Å². The van der Waals surface area contributed by atoms with Gasteiger partial charge in [-0.15, -0.1) is 10.2 Å². The molecule has 4 nitrogen and oxygen atoms in total. The maximum absolute atomic E-state index is 5.82. The zero-order valence-electron chi connectivity index (χ0n) is 10.1. The predicted octanol–water partition coefficient (Wildman–Crippen LogP) is 3.02. The second-order valence-electron chi connectivity index (χ2n) is 4.64. The quantitative estimate of drug-likeness (QED) is 0.824. The first-order valence-electron chi connectivity index (χ1n) is 6.23. The molecule has 0 spiro atoms. The van der Waals surface area contributed by atoms with Crippen LogP contribution in [-0.2, 0) is 13.0 Å². The summed E-state index contributed by atoms with van der Waals surface area (Å²) in [5.74, 6) is 2.06. The highest BCUT2D eigenvalue weighted by Crippen LogP contribution is 2.28. The number of fused-ring (bicyclic) bond motifs is 1. The number of benzene rings is 1. The minimum absolute atomic E-state index is 0.745. The number of nitrogens with two attached hydrogens (primary N) is 1. The van der Waals surface area contributed by atoms with Crippen molar-refractivity contribution in [2.75, 3.05) is 5.73 Å². The molecule has 1 aromatic heterocycles. The molecular formula is C13H15BrN4. The predicted molar refractivity (Wildman–Crippen MR) is 75.1 cm³/mol. The van der Waals surface area contributed by atoms with Crippen LogP contribution in [-0.4, -0.2) is 14.8 Å². The first kappa shape index (κ1) is 11.7. The fraction of sp³-hybridized carbons (Fsp3) is 0.385. The van der Waals surface area contributed by atoms with Crippen LogP contribution in [0.2, 0.25) is 0 Å². The fourth-order valence-corrected chi connectivity index (χ4v) is 2.74. The van der Waals surface area contributed by atoms with E-state index in [2.05, 4.69) is 30.7 Å². The maximum Gasteiger partial charge on any atom is 0.163 e. The topological polar surface area (TPSA) is 56.7 Å². The average molecular weight is 307 g/mol. The third kappa shape index (κ3) is 2.03. The van der Waals surface area contributed by atoms with Crippen molar-refractivity contribution in [2.24, 2.45) is 0 Å². The van der Waals surface area contributed by atoms with Crippen molar-refractivity contribution in [3.05, 3.63) is 28.5 Å². The minimum Gasteiger partial charge on any atom is -0.398 e. The molecule has 0 amide bonds. The van der Waals surface area contributed by atoms with Gasteiger partial charge in [0.15, 0.2) is 5.82 Å². The third-order valence-electron chi connectivity index (χ3n) is 3.37. The molecular weight excluding hydrogens is 292 g/mol.